The number of carboxylic acids is 1. The van der Waals surface area contributed by atoms with Crippen LogP contribution in [0.4, 0.5) is 0 Å². The van der Waals surface area contributed by atoms with Gasteiger partial charge >= 0.3 is 5.97 Å². The van der Waals surface area contributed by atoms with Crippen LogP contribution in [0.15, 0.2) is 24.3 Å². The number of halogens is 2. The van der Waals surface area contributed by atoms with Crippen molar-refractivity contribution in [2.24, 2.45) is 0 Å². The zero-order chi connectivity index (χ0) is 10.8. The maximum absolute atomic E-state index is 11.1. The van der Waals surface area contributed by atoms with E-state index in [1.54, 1.807) is 24.3 Å². The molecule has 2 rings (SSSR count). The molecule has 1 aromatic carbocycles. The number of benzene rings is 1. The molecule has 0 aliphatic heterocycles. The molecule has 1 atom stereocenters. The van der Waals surface area contributed by atoms with E-state index in [9.17, 15) is 4.79 Å². The lowest BCUT2D eigenvalue weighted by atomic mass is 10.1. The average Bonchev–Trinajstić information content (AvgIpc) is 2.99. The van der Waals surface area contributed by atoms with Gasteiger partial charge in [-0.1, -0.05) is 23.7 Å². The minimum atomic E-state index is -0.843. The smallest absolute Gasteiger partial charge is 0.325 e. The molecule has 0 saturated heterocycles. The van der Waals surface area contributed by atoms with Crippen LogP contribution in [0.2, 0.25) is 5.02 Å². The monoisotopic (exact) mass is 261 g/mol. The fraction of sp³-hybridized carbons (Fsp3) is 0.364. The molecule has 16 heavy (non-hydrogen) atoms. The first kappa shape index (κ1) is 13.3. The molecular weight excluding hydrogens is 249 g/mol. The topological polar surface area (TPSA) is 49.3 Å². The van der Waals surface area contributed by atoms with Gasteiger partial charge in [-0.15, -0.1) is 12.4 Å². The Morgan fingerprint density at radius 2 is 1.94 bits per heavy atom. The van der Waals surface area contributed by atoms with Crippen molar-refractivity contribution in [1.29, 1.82) is 0 Å². The van der Waals surface area contributed by atoms with Crippen molar-refractivity contribution in [3.8, 4) is 0 Å². The van der Waals surface area contributed by atoms with Crippen molar-refractivity contribution in [3.05, 3.63) is 34.9 Å². The summed E-state index contributed by atoms with van der Waals surface area (Å²) in [6.45, 7) is 0. The lowest BCUT2D eigenvalue weighted by Gasteiger charge is -2.14. The van der Waals surface area contributed by atoms with E-state index in [-0.39, 0.29) is 12.4 Å². The highest BCUT2D eigenvalue weighted by atomic mass is 35.5. The minimum absolute atomic E-state index is 0. The molecule has 0 radical (unpaired) electrons. The largest absolute Gasteiger partial charge is 0.480 e. The van der Waals surface area contributed by atoms with Crippen LogP contribution in [0.5, 0.6) is 0 Å². The van der Waals surface area contributed by atoms with Gasteiger partial charge in [0.1, 0.15) is 6.04 Å². The Labute approximate surface area is 105 Å². The summed E-state index contributed by atoms with van der Waals surface area (Å²) in [6, 6.07) is 6.66. The lowest BCUT2D eigenvalue weighted by Crippen LogP contribution is -2.30. The normalized spacial score (nSPS) is 16.3. The van der Waals surface area contributed by atoms with Gasteiger partial charge in [0.15, 0.2) is 0 Å². The van der Waals surface area contributed by atoms with Crippen LogP contribution in [-0.4, -0.2) is 17.1 Å². The highest BCUT2D eigenvalue weighted by Crippen LogP contribution is 2.25. The predicted molar refractivity (Wildman–Crippen MR) is 65.2 cm³/mol. The van der Waals surface area contributed by atoms with Crippen molar-refractivity contribution in [2.75, 3.05) is 0 Å². The molecule has 3 nitrogen and oxygen atoms in total. The molecule has 1 fully saturated rings. The zero-order valence-corrected chi connectivity index (χ0v) is 10.1. The number of carbonyl (C=O) groups is 1. The van der Waals surface area contributed by atoms with E-state index in [0.717, 1.165) is 18.4 Å². The highest BCUT2D eigenvalue weighted by molar-refractivity contribution is 6.30. The van der Waals surface area contributed by atoms with Gasteiger partial charge in [-0.05, 0) is 30.5 Å². The number of hydrogen-bond donors (Lipinski definition) is 2. The molecule has 88 valence electrons. The molecule has 1 aliphatic carbocycles. The van der Waals surface area contributed by atoms with Gasteiger partial charge < -0.3 is 5.11 Å². The Morgan fingerprint density at radius 3 is 2.38 bits per heavy atom. The number of nitrogens with one attached hydrogen (secondary N) is 1. The molecule has 0 amide bonds. The summed E-state index contributed by atoms with van der Waals surface area (Å²) >= 11 is 5.75. The van der Waals surface area contributed by atoms with Gasteiger partial charge in [-0.2, -0.15) is 0 Å². The number of aliphatic carboxylic acids is 1. The van der Waals surface area contributed by atoms with E-state index in [4.69, 9.17) is 16.7 Å². The molecular formula is C11H13Cl2NO2. The predicted octanol–water partition coefficient (Wildman–Crippen LogP) is 2.64. The van der Waals surface area contributed by atoms with E-state index in [0.29, 0.717) is 11.1 Å². The van der Waals surface area contributed by atoms with Gasteiger partial charge in [0.05, 0.1) is 0 Å². The lowest BCUT2D eigenvalue weighted by molar-refractivity contribution is -0.139. The summed E-state index contributed by atoms with van der Waals surface area (Å²) in [5, 5.41) is 12.8. The van der Waals surface area contributed by atoms with Crippen LogP contribution in [-0.2, 0) is 4.79 Å². The van der Waals surface area contributed by atoms with E-state index in [1.165, 1.54) is 0 Å². The Bertz CT molecular complexity index is 363. The second kappa shape index (κ2) is 5.53. The van der Waals surface area contributed by atoms with Gasteiger partial charge in [0.2, 0.25) is 0 Å². The second-order valence-corrected chi connectivity index (χ2v) is 4.20. The van der Waals surface area contributed by atoms with Gasteiger partial charge in [-0.3, -0.25) is 10.1 Å². The summed E-state index contributed by atoms with van der Waals surface area (Å²) in [7, 11) is 0. The van der Waals surface area contributed by atoms with Gasteiger partial charge in [0.25, 0.3) is 0 Å². The van der Waals surface area contributed by atoms with Gasteiger partial charge in [0, 0.05) is 11.1 Å². The molecule has 1 unspecified atom stereocenters. The standard InChI is InChI=1S/C11H12ClNO2.ClH/c12-8-3-1-7(2-4-8)10(11(14)15)13-9-5-6-9;/h1-4,9-10,13H,5-6H2,(H,14,15);1H. The third-order valence-corrected chi connectivity index (χ3v) is 2.68. The summed E-state index contributed by atoms with van der Waals surface area (Å²) in [5.41, 5.74) is 0.749. The number of rotatable bonds is 4. The summed E-state index contributed by atoms with van der Waals surface area (Å²) in [6.07, 6.45) is 2.13. The summed E-state index contributed by atoms with van der Waals surface area (Å²) in [5.74, 6) is -0.843. The first-order chi connectivity index (χ1) is 7.16. The maximum Gasteiger partial charge on any atom is 0.325 e. The maximum atomic E-state index is 11.1. The average molecular weight is 262 g/mol. The van der Waals surface area contributed by atoms with E-state index < -0.39 is 12.0 Å². The fourth-order valence-corrected chi connectivity index (χ4v) is 1.58. The third-order valence-electron chi connectivity index (χ3n) is 2.43. The number of carboxylic acid groups (broad SMARTS) is 1. The van der Waals surface area contributed by atoms with Crippen LogP contribution in [0.3, 0.4) is 0 Å². The van der Waals surface area contributed by atoms with E-state index >= 15 is 0 Å². The molecule has 2 N–H and O–H groups in total. The first-order valence-electron chi connectivity index (χ1n) is 4.91. The van der Waals surface area contributed by atoms with Crippen molar-refractivity contribution in [2.45, 2.75) is 24.9 Å². The summed E-state index contributed by atoms with van der Waals surface area (Å²) < 4.78 is 0. The molecule has 0 bridgehead atoms. The summed E-state index contributed by atoms with van der Waals surface area (Å²) in [4.78, 5) is 11.1. The van der Waals surface area contributed by atoms with E-state index in [1.807, 2.05) is 0 Å². The van der Waals surface area contributed by atoms with Crippen LogP contribution in [0.25, 0.3) is 0 Å². The number of hydrogen-bond acceptors (Lipinski definition) is 2. The minimum Gasteiger partial charge on any atom is -0.480 e. The third kappa shape index (κ3) is 3.37. The molecule has 1 aromatic rings. The molecule has 1 aliphatic rings. The van der Waals surface area contributed by atoms with Crippen LogP contribution < -0.4 is 5.32 Å². The molecule has 0 heterocycles. The fourth-order valence-electron chi connectivity index (χ4n) is 1.45. The Morgan fingerprint density at radius 1 is 1.38 bits per heavy atom. The van der Waals surface area contributed by atoms with Crippen molar-refractivity contribution < 1.29 is 9.90 Å². The first-order valence-corrected chi connectivity index (χ1v) is 5.29. The quantitative estimate of drug-likeness (QED) is 0.876. The van der Waals surface area contributed by atoms with Crippen LogP contribution in [0.1, 0.15) is 24.4 Å². The molecule has 1 saturated carbocycles. The van der Waals surface area contributed by atoms with Crippen molar-refractivity contribution >= 4 is 30.0 Å². The van der Waals surface area contributed by atoms with Crippen LogP contribution in [0, 0.1) is 0 Å². The Balaban J connectivity index is 0.00000128. The second-order valence-electron chi connectivity index (χ2n) is 3.76. The van der Waals surface area contributed by atoms with Crippen molar-refractivity contribution in [1.82, 2.24) is 5.32 Å². The van der Waals surface area contributed by atoms with Gasteiger partial charge in [-0.25, -0.2) is 0 Å². The van der Waals surface area contributed by atoms with Crippen LogP contribution >= 0.6 is 24.0 Å². The SMILES string of the molecule is Cl.O=C(O)C(NC1CC1)c1ccc(Cl)cc1. The Kier molecular flexibility index (Phi) is 4.59. The van der Waals surface area contributed by atoms with E-state index in [2.05, 4.69) is 5.32 Å². The van der Waals surface area contributed by atoms with Crippen molar-refractivity contribution in [3.63, 3.8) is 0 Å². The molecule has 5 heteroatoms. The highest BCUT2D eigenvalue weighted by Gasteiger charge is 2.29. The Hall–Kier alpha value is -0.770. The molecule has 0 spiro atoms. The zero-order valence-electron chi connectivity index (χ0n) is 8.52. The molecule has 0 aromatic heterocycles.